The van der Waals surface area contributed by atoms with Crippen molar-refractivity contribution in [3.8, 4) is 0 Å². The van der Waals surface area contributed by atoms with Gasteiger partial charge in [0.25, 0.3) is 0 Å². The van der Waals surface area contributed by atoms with Gasteiger partial charge in [-0.2, -0.15) is 13.2 Å². The molecule has 1 N–H and O–H groups in total. The van der Waals surface area contributed by atoms with Crippen LogP contribution in [-0.4, -0.2) is 58.8 Å². The number of carboxylic acids is 1. The largest absolute Gasteiger partial charge is 0.480 e. The molecule has 8 heteroatoms. The Morgan fingerprint density at radius 2 is 2.00 bits per heavy atom. The van der Waals surface area contributed by atoms with Crippen molar-refractivity contribution in [1.29, 1.82) is 0 Å². The van der Waals surface area contributed by atoms with Gasteiger partial charge in [-0.3, -0.25) is 0 Å². The molecule has 2 amide bonds. The number of nitrogens with zero attached hydrogens (tertiary/aromatic N) is 2. The summed E-state index contributed by atoms with van der Waals surface area (Å²) in [4.78, 5) is 25.7. The zero-order valence-corrected chi connectivity index (χ0v) is 10.7. The lowest BCUT2D eigenvalue weighted by Crippen LogP contribution is -2.49. The molecule has 112 valence electrons. The Hall–Kier alpha value is -1.73. The number of halogens is 3. The minimum absolute atomic E-state index is 0.0347. The lowest BCUT2D eigenvalue weighted by atomic mass is 10.1. The van der Waals surface area contributed by atoms with Crippen molar-refractivity contribution in [3.05, 3.63) is 11.6 Å². The first-order valence-corrected chi connectivity index (χ1v) is 6.35. The number of urea groups is 1. The van der Waals surface area contributed by atoms with Crippen molar-refractivity contribution in [2.24, 2.45) is 0 Å². The molecule has 20 heavy (non-hydrogen) atoms. The van der Waals surface area contributed by atoms with Gasteiger partial charge >= 0.3 is 18.2 Å². The maximum absolute atomic E-state index is 12.5. The van der Waals surface area contributed by atoms with Crippen LogP contribution in [0.2, 0.25) is 0 Å². The van der Waals surface area contributed by atoms with Gasteiger partial charge in [0.05, 0.1) is 0 Å². The molecule has 0 aromatic carbocycles. The molecule has 0 aromatic rings. The van der Waals surface area contributed by atoms with Crippen LogP contribution in [0.15, 0.2) is 11.6 Å². The maximum Gasteiger partial charge on any atom is 0.412 e. The number of rotatable bonds is 1. The van der Waals surface area contributed by atoms with Crippen LogP contribution in [0.1, 0.15) is 19.3 Å². The summed E-state index contributed by atoms with van der Waals surface area (Å²) >= 11 is 0. The summed E-state index contributed by atoms with van der Waals surface area (Å²) in [5.41, 5.74) is -0.627. The zero-order valence-electron chi connectivity index (χ0n) is 10.7. The molecule has 0 bridgehead atoms. The van der Waals surface area contributed by atoms with Crippen LogP contribution in [0.3, 0.4) is 0 Å². The Labute approximate surface area is 113 Å². The summed E-state index contributed by atoms with van der Waals surface area (Å²) in [6.07, 6.45) is -2.63. The molecular weight excluding hydrogens is 277 g/mol. The van der Waals surface area contributed by atoms with Crippen LogP contribution in [0.5, 0.6) is 0 Å². The Balaban J connectivity index is 2.02. The van der Waals surface area contributed by atoms with Crippen molar-refractivity contribution >= 4 is 12.0 Å². The lowest BCUT2D eigenvalue weighted by molar-refractivity contribution is -0.141. The van der Waals surface area contributed by atoms with E-state index in [-0.39, 0.29) is 19.5 Å². The summed E-state index contributed by atoms with van der Waals surface area (Å²) in [7, 11) is 0. The number of likely N-dealkylation sites (tertiary alicyclic amines) is 1. The van der Waals surface area contributed by atoms with Gasteiger partial charge in [0.1, 0.15) is 6.04 Å². The number of aliphatic carboxylic acids is 1. The molecule has 1 unspecified atom stereocenters. The Kier molecular flexibility index (Phi) is 3.92. The van der Waals surface area contributed by atoms with Gasteiger partial charge in [-0.1, -0.05) is 6.08 Å². The Morgan fingerprint density at radius 1 is 1.30 bits per heavy atom. The van der Waals surface area contributed by atoms with Gasteiger partial charge in [0.15, 0.2) is 0 Å². The molecule has 2 aliphatic heterocycles. The average molecular weight is 292 g/mol. The smallest absolute Gasteiger partial charge is 0.412 e. The minimum atomic E-state index is -4.35. The van der Waals surface area contributed by atoms with Gasteiger partial charge < -0.3 is 14.9 Å². The van der Waals surface area contributed by atoms with Crippen LogP contribution in [-0.2, 0) is 4.79 Å². The molecule has 2 rings (SSSR count). The molecule has 0 saturated carbocycles. The van der Waals surface area contributed by atoms with Crippen LogP contribution < -0.4 is 0 Å². The highest BCUT2D eigenvalue weighted by Gasteiger charge is 2.39. The number of hydrogen-bond acceptors (Lipinski definition) is 2. The standard InChI is InChI=1S/C12H15F3N2O3/c13-12(14,15)8-3-6-16(7-4-8)11(20)17-5-1-2-9(17)10(18)19/h3,9H,1-2,4-7H2,(H,18,19). The molecule has 1 saturated heterocycles. The third-order valence-electron chi connectivity index (χ3n) is 3.63. The van der Waals surface area contributed by atoms with Crippen LogP contribution >= 0.6 is 0 Å². The third-order valence-corrected chi connectivity index (χ3v) is 3.63. The Morgan fingerprint density at radius 3 is 2.50 bits per heavy atom. The van der Waals surface area contributed by atoms with Crippen molar-refractivity contribution in [3.63, 3.8) is 0 Å². The second-order valence-corrected chi connectivity index (χ2v) is 4.90. The van der Waals surface area contributed by atoms with Crippen molar-refractivity contribution in [1.82, 2.24) is 9.80 Å². The fraction of sp³-hybridized carbons (Fsp3) is 0.667. The molecule has 0 spiro atoms. The summed E-state index contributed by atoms with van der Waals surface area (Å²) in [5.74, 6) is -1.07. The average Bonchev–Trinajstić information content (AvgIpc) is 2.86. The topological polar surface area (TPSA) is 60.9 Å². The Bertz CT molecular complexity index is 448. The normalized spacial score (nSPS) is 23.8. The second-order valence-electron chi connectivity index (χ2n) is 4.90. The number of carboxylic acid groups (broad SMARTS) is 1. The molecule has 0 aromatic heterocycles. The number of amides is 2. The SMILES string of the molecule is O=C(O)C1CCCN1C(=O)N1CC=C(C(F)(F)F)CC1. The van der Waals surface area contributed by atoms with E-state index in [9.17, 15) is 22.8 Å². The highest BCUT2D eigenvalue weighted by molar-refractivity contribution is 5.83. The van der Waals surface area contributed by atoms with Crippen LogP contribution in [0, 0.1) is 0 Å². The van der Waals surface area contributed by atoms with Crippen molar-refractivity contribution < 1.29 is 27.9 Å². The van der Waals surface area contributed by atoms with E-state index in [4.69, 9.17) is 5.11 Å². The van der Waals surface area contributed by atoms with E-state index >= 15 is 0 Å². The van der Waals surface area contributed by atoms with Gasteiger partial charge in [-0.25, -0.2) is 9.59 Å². The summed E-state index contributed by atoms with van der Waals surface area (Å²) < 4.78 is 37.4. The van der Waals surface area contributed by atoms with Crippen LogP contribution in [0.25, 0.3) is 0 Å². The molecule has 2 heterocycles. The maximum atomic E-state index is 12.5. The number of alkyl halides is 3. The molecule has 2 aliphatic rings. The third kappa shape index (κ3) is 2.88. The fourth-order valence-electron chi connectivity index (χ4n) is 2.53. The minimum Gasteiger partial charge on any atom is -0.480 e. The highest BCUT2D eigenvalue weighted by atomic mass is 19.4. The van der Waals surface area contributed by atoms with E-state index in [2.05, 4.69) is 0 Å². The first-order chi connectivity index (χ1) is 9.30. The fourth-order valence-corrected chi connectivity index (χ4v) is 2.53. The monoisotopic (exact) mass is 292 g/mol. The molecule has 5 nitrogen and oxygen atoms in total. The molecular formula is C12H15F3N2O3. The van der Waals surface area contributed by atoms with E-state index in [0.717, 1.165) is 6.08 Å². The van der Waals surface area contributed by atoms with Gasteiger partial charge in [-0.15, -0.1) is 0 Å². The summed E-state index contributed by atoms with van der Waals surface area (Å²) in [6.45, 7) is 0.172. The molecule has 0 aliphatic carbocycles. The van der Waals surface area contributed by atoms with Gasteiger partial charge in [0.2, 0.25) is 0 Å². The van der Waals surface area contributed by atoms with Crippen molar-refractivity contribution in [2.75, 3.05) is 19.6 Å². The van der Waals surface area contributed by atoms with E-state index < -0.39 is 29.8 Å². The van der Waals surface area contributed by atoms with E-state index in [0.29, 0.717) is 19.4 Å². The predicted molar refractivity (Wildman–Crippen MR) is 63.1 cm³/mol. The molecule has 1 atom stereocenters. The summed E-state index contributed by atoms with van der Waals surface area (Å²) in [5, 5.41) is 9.01. The lowest BCUT2D eigenvalue weighted by Gasteiger charge is -2.32. The predicted octanol–water partition coefficient (Wildman–Crippen LogP) is 1.85. The first-order valence-electron chi connectivity index (χ1n) is 6.35. The summed E-state index contributed by atoms with van der Waals surface area (Å²) in [6, 6.07) is -1.36. The number of carbonyl (C=O) groups excluding carboxylic acids is 1. The number of carbonyl (C=O) groups is 2. The molecule has 0 radical (unpaired) electrons. The highest BCUT2D eigenvalue weighted by Crippen LogP contribution is 2.30. The van der Waals surface area contributed by atoms with E-state index in [1.165, 1.54) is 9.80 Å². The van der Waals surface area contributed by atoms with Crippen LogP contribution in [0.4, 0.5) is 18.0 Å². The molecule has 1 fully saturated rings. The van der Waals surface area contributed by atoms with Gasteiger partial charge in [0, 0.05) is 25.2 Å². The van der Waals surface area contributed by atoms with E-state index in [1.807, 2.05) is 0 Å². The first kappa shape index (κ1) is 14.7. The van der Waals surface area contributed by atoms with Crippen molar-refractivity contribution in [2.45, 2.75) is 31.5 Å². The zero-order chi connectivity index (χ0) is 14.9. The van der Waals surface area contributed by atoms with Gasteiger partial charge in [-0.05, 0) is 19.3 Å². The second kappa shape index (κ2) is 5.34. The quantitative estimate of drug-likeness (QED) is 0.750. The number of hydrogen-bond donors (Lipinski definition) is 1. The van der Waals surface area contributed by atoms with E-state index in [1.54, 1.807) is 0 Å².